The number of carbonyl (C=O) groups excluding carboxylic acids is 1. The lowest BCUT2D eigenvalue weighted by molar-refractivity contribution is -0.125. The third-order valence-corrected chi connectivity index (χ3v) is 14.6. The van der Waals surface area contributed by atoms with Gasteiger partial charge in [-0.15, -0.1) is 0 Å². The van der Waals surface area contributed by atoms with E-state index in [2.05, 4.69) is 20.5 Å². The quantitative estimate of drug-likeness (QED) is 0.568. The van der Waals surface area contributed by atoms with Crippen LogP contribution in [0.15, 0.2) is 0 Å². The van der Waals surface area contributed by atoms with E-state index in [0.717, 1.165) is 29.1 Å². The molecule has 0 spiro atoms. The fraction of sp³-hybridized carbons (Fsp3) is 0.952. The van der Waals surface area contributed by atoms with Crippen LogP contribution in [0.5, 0.6) is 0 Å². The highest BCUT2D eigenvalue weighted by molar-refractivity contribution is 7.76. The van der Waals surface area contributed by atoms with Gasteiger partial charge in [-0.2, -0.15) is 0 Å². The molecule has 0 aromatic carbocycles. The molecule has 23 heavy (non-hydrogen) atoms. The van der Waals surface area contributed by atoms with Crippen LogP contribution in [0.25, 0.3) is 0 Å². The predicted molar refractivity (Wildman–Crippen MR) is 101 cm³/mol. The number of fused-ring (bicyclic) bond motifs is 5. The smallest absolute Gasteiger partial charge is 0.133 e. The number of Topliss-reactive ketones (excluding diaryl/α,β-unsaturated/α-hetero) is 1. The van der Waals surface area contributed by atoms with E-state index in [-0.39, 0.29) is 0 Å². The minimum atomic E-state index is -0.744. The second-order valence-electron chi connectivity index (χ2n) is 10.1. The van der Waals surface area contributed by atoms with Crippen LogP contribution in [0.3, 0.4) is 0 Å². The van der Waals surface area contributed by atoms with Crippen molar-refractivity contribution in [2.24, 2.45) is 29.1 Å². The van der Waals surface area contributed by atoms with Gasteiger partial charge in [0.05, 0.1) is 17.5 Å². The van der Waals surface area contributed by atoms with E-state index in [1.807, 2.05) is 6.92 Å². The highest BCUT2D eigenvalue weighted by Crippen LogP contribution is 2.78. The van der Waals surface area contributed by atoms with Gasteiger partial charge >= 0.3 is 0 Å². The summed E-state index contributed by atoms with van der Waals surface area (Å²) >= 11 is 0. The number of hydrogen-bond donors (Lipinski definition) is 0. The van der Waals surface area contributed by atoms with Gasteiger partial charge in [0, 0.05) is 19.8 Å². The van der Waals surface area contributed by atoms with Gasteiger partial charge < -0.3 is 0 Å². The summed E-state index contributed by atoms with van der Waals surface area (Å²) in [6.45, 7) is 9.60. The third-order valence-electron chi connectivity index (χ3n) is 9.09. The molecule has 2 heterocycles. The van der Waals surface area contributed by atoms with Crippen molar-refractivity contribution in [3.63, 3.8) is 0 Å². The van der Waals surface area contributed by atoms with E-state index in [0.29, 0.717) is 17.1 Å². The first-order valence-electron chi connectivity index (χ1n) is 10.2. The van der Waals surface area contributed by atoms with Crippen LogP contribution < -0.4 is 0 Å². The Balaban J connectivity index is 1.61. The van der Waals surface area contributed by atoms with Gasteiger partial charge in [0.25, 0.3) is 0 Å². The molecule has 0 radical (unpaired) electrons. The van der Waals surface area contributed by atoms with Crippen molar-refractivity contribution in [3.8, 4) is 0 Å². The standard InChI is InChI=1S/C21H36OP/c1-14-10-12-23(4)16(13-14)5-6-17-19-8-7-18(15(2)22)21(19,3)11-9-20(17)23/h14,16-20H,5-13H2,1-4H3/q+1. The minimum Gasteiger partial charge on any atom is -0.300 e. The average molecular weight is 335 g/mol. The SMILES string of the molecule is CC(=O)C1CCC2C3CCC4CC(C)CC[P+]4(C)C3CCC12C. The summed E-state index contributed by atoms with van der Waals surface area (Å²) < 4.78 is 0. The fourth-order valence-electron chi connectivity index (χ4n) is 7.80. The Hall–Kier alpha value is 0.100. The van der Waals surface area contributed by atoms with Crippen molar-refractivity contribution in [3.05, 3.63) is 0 Å². The Kier molecular flexibility index (Phi) is 4.00. The van der Waals surface area contributed by atoms with Gasteiger partial charge in [-0.05, 0) is 81.5 Å². The zero-order valence-corrected chi connectivity index (χ0v) is 16.6. The van der Waals surface area contributed by atoms with Crippen LogP contribution in [-0.4, -0.2) is 29.9 Å². The zero-order valence-electron chi connectivity index (χ0n) is 15.7. The summed E-state index contributed by atoms with van der Waals surface area (Å²) in [6.07, 6.45) is 13.0. The van der Waals surface area contributed by atoms with Crippen LogP contribution in [0.1, 0.15) is 72.1 Å². The summed E-state index contributed by atoms with van der Waals surface area (Å²) in [4.78, 5) is 12.2. The molecule has 4 rings (SSSR count). The first-order valence-corrected chi connectivity index (χ1v) is 12.8. The first-order chi connectivity index (χ1) is 10.9. The lowest BCUT2D eigenvalue weighted by atomic mass is 9.59. The molecule has 2 aliphatic heterocycles. The molecular formula is C21H36OP+. The van der Waals surface area contributed by atoms with E-state index in [1.165, 1.54) is 51.4 Å². The van der Waals surface area contributed by atoms with E-state index >= 15 is 0 Å². The van der Waals surface area contributed by atoms with Crippen molar-refractivity contribution < 1.29 is 4.79 Å². The summed E-state index contributed by atoms with van der Waals surface area (Å²) in [5.41, 5.74) is 2.52. The van der Waals surface area contributed by atoms with E-state index < -0.39 is 7.26 Å². The second-order valence-corrected chi connectivity index (χ2v) is 14.6. The molecule has 130 valence electrons. The number of rotatable bonds is 1. The summed E-state index contributed by atoms with van der Waals surface area (Å²) in [7, 11) is -0.744. The Morgan fingerprint density at radius 2 is 1.87 bits per heavy atom. The Labute approximate surface area is 143 Å². The monoisotopic (exact) mass is 335 g/mol. The molecule has 8 atom stereocenters. The molecule has 0 aromatic heterocycles. The number of carbonyl (C=O) groups is 1. The molecule has 0 bridgehead atoms. The lowest BCUT2D eigenvalue weighted by Crippen LogP contribution is -2.50. The molecule has 0 amide bonds. The Bertz CT molecular complexity index is 502. The Morgan fingerprint density at radius 1 is 1.09 bits per heavy atom. The molecule has 4 fully saturated rings. The lowest BCUT2D eigenvalue weighted by Gasteiger charge is -2.56. The van der Waals surface area contributed by atoms with Crippen molar-refractivity contribution in [1.82, 2.24) is 0 Å². The molecule has 4 aliphatic rings. The number of ketones is 1. The normalized spacial score (nSPS) is 55.7. The van der Waals surface area contributed by atoms with E-state index in [9.17, 15) is 4.79 Å². The molecule has 1 nitrogen and oxygen atoms in total. The highest BCUT2D eigenvalue weighted by Gasteiger charge is 2.64. The zero-order chi connectivity index (χ0) is 16.4. The molecule has 0 aromatic rings. The van der Waals surface area contributed by atoms with Gasteiger partial charge in [0.15, 0.2) is 0 Å². The molecule has 2 saturated carbocycles. The van der Waals surface area contributed by atoms with Crippen LogP contribution >= 0.6 is 7.26 Å². The van der Waals surface area contributed by atoms with Crippen LogP contribution in [0.2, 0.25) is 0 Å². The molecule has 2 saturated heterocycles. The van der Waals surface area contributed by atoms with Crippen LogP contribution in [0, 0.1) is 29.1 Å². The van der Waals surface area contributed by atoms with Gasteiger partial charge in [-0.25, -0.2) is 0 Å². The third kappa shape index (κ3) is 2.32. The van der Waals surface area contributed by atoms with E-state index in [1.54, 1.807) is 6.16 Å². The van der Waals surface area contributed by atoms with Crippen molar-refractivity contribution in [1.29, 1.82) is 0 Å². The topological polar surface area (TPSA) is 17.1 Å². The van der Waals surface area contributed by atoms with Gasteiger partial charge in [-0.1, -0.05) is 13.8 Å². The Morgan fingerprint density at radius 3 is 2.61 bits per heavy atom. The minimum absolute atomic E-state index is 0.349. The summed E-state index contributed by atoms with van der Waals surface area (Å²) in [5, 5.41) is 0. The molecule has 0 N–H and O–H groups in total. The predicted octanol–water partition coefficient (Wildman–Crippen LogP) is 5.63. The molecular weight excluding hydrogens is 299 g/mol. The maximum Gasteiger partial charge on any atom is 0.133 e. The summed E-state index contributed by atoms with van der Waals surface area (Å²) in [6, 6.07) is 0. The molecule has 8 unspecified atom stereocenters. The molecule has 2 heteroatoms. The average Bonchev–Trinajstić information content (AvgIpc) is 2.85. The highest BCUT2D eigenvalue weighted by atomic mass is 31.2. The largest absolute Gasteiger partial charge is 0.300 e. The van der Waals surface area contributed by atoms with Gasteiger partial charge in [0.1, 0.15) is 5.78 Å². The van der Waals surface area contributed by atoms with Crippen LogP contribution in [0.4, 0.5) is 0 Å². The van der Waals surface area contributed by atoms with Crippen molar-refractivity contribution >= 4 is 13.0 Å². The van der Waals surface area contributed by atoms with Gasteiger partial charge in [-0.3, -0.25) is 4.79 Å². The maximum absolute atomic E-state index is 12.2. The van der Waals surface area contributed by atoms with E-state index in [4.69, 9.17) is 0 Å². The summed E-state index contributed by atoms with van der Waals surface area (Å²) in [5.74, 6) is 3.68. The van der Waals surface area contributed by atoms with Crippen LogP contribution in [-0.2, 0) is 4.79 Å². The maximum atomic E-state index is 12.2. The van der Waals surface area contributed by atoms with Crippen molar-refractivity contribution in [2.75, 3.05) is 12.8 Å². The fourth-order valence-corrected chi connectivity index (χ4v) is 13.6. The first kappa shape index (κ1) is 16.6. The second kappa shape index (κ2) is 5.55. The van der Waals surface area contributed by atoms with Gasteiger partial charge in [0.2, 0.25) is 0 Å². The van der Waals surface area contributed by atoms with Crippen molar-refractivity contribution in [2.45, 2.75) is 83.5 Å². The number of hydrogen-bond acceptors (Lipinski definition) is 1. The molecule has 2 aliphatic carbocycles.